The maximum atomic E-state index is 11.5. The number of amides is 1. The first kappa shape index (κ1) is 11.1. The van der Waals surface area contributed by atoms with E-state index in [2.05, 4.69) is 5.92 Å². The number of nitrogens with zero attached hydrogens (tertiary/aromatic N) is 1. The van der Waals surface area contributed by atoms with E-state index >= 15 is 0 Å². The molecule has 1 fully saturated rings. The van der Waals surface area contributed by atoms with Gasteiger partial charge in [-0.3, -0.25) is 4.79 Å². The lowest BCUT2D eigenvalue weighted by Gasteiger charge is -2.19. The van der Waals surface area contributed by atoms with Crippen LogP contribution in [0, 0.1) is 18.3 Å². The Bertz CT molecular complexity index is 232. The van der Waals surface area contributed by atoms with E-state index in [1.165, 1.54) is 0 Å². The number of aliphatic hydroxyl groups is 1. The Hall–Kier alpha value is -1.01. The molecule has 0 aliphatic carbocycles. The molecule has 1 amide bonds. The molecule has 0 saturated carbocycles. The Labute approximate surface area is 85.1 Å². The molecule has 0 radical (unpaired) electrons. The van der Waals surface area contributed by atoms with Gasteiger partial charge in [-0.25, -0.2) is 0 Å². The molecule has 14 heavy (non-hydrogen) atoms. The van der Waals surface area contributed by atoms with Gasteiger partial charge in [-0.1, -0.05) is 5.92 Å². The fourth-order valence-corrected chi connectivity index (χ4v) is 1.80. The zero-order valence-electron chi connectivity index (χ0n) is 8.41. The lowest BCUT2D eigenvalue weighted by Crippen LogP contribution is -2.31. The van der Waals surface area contributed by atoms with Crippen molar-refractivity contribution >= 4 is 5.91 Å². The molecular weight excluding hydrogens is 178 g/mol. The second-order valence-corrected chi connectivity index (χ2v) is 3.74. The van der Waals surface area contributed by atoms with Gasteiger partial charge in [0.2, 0.25) is 5.91 Å². The van der Waals surface area contributed by atoms with Crippen molar-refractivity contribution in [2.45, 2.75) is 25.7 Å². The molecule has 1 atom stereocenters. The standard InChI is InChI=1S/C11H17NO2/c1-2-4-11(14)12-7-3-5-10(9-13)6-8-12/h1,10,13H,3-9H2. The van der Waals surface area contributed by atoms with Crippen LogP contribution in [-0.4, -0.2) is 35.6 Å². The Balaban J connectivity index is 2.42. The van der Waals surface area contributed by atoms with Crippen LogP contribution in [0.1, 0.15) is 25.7 Å². The molecule has 1 heterocycles. The quantitative estimate of drug-likeness (QED) is 0.657. The normalized spacial score (nSPS) is 22.6. The Morgan fingerprint density at radius 3 is 2.93 bits per heavy atom. The van der Waals surface area contributed by atoms with Crippen molar-refractivity contribution in [3.05, 3.63) is 0 Å². The van der Waals surface area contributed by atoms with Crippen LogP contribution in [0.15, 0.2) is 0 Å². The van der Waals surface area contributed by atoms with Crippen LogP contribution in [0.4, 0.5) is 0 Å². The number of hydrogen-bond donors (Lipinski definition) is 1. The van der Waals surface area contributed by atoms with Gasteiger partial charge in [-0.2, -0.15) is 0 Å². The zero-order valence-corrected chi connectivity index (χ0v) is 8.41. The highest BCUT2D eigenvalue weighted by Gasteiger charge is 2.19. The van der Waals surface area contributed by atoms with Crippen LogP contribution < -0.4 is 0 Å². The van der Waals surface area contributed by atoms with Crippen LogP contribution in [0.3, 0.4) is 0 Å². The van der Waals surface area contributed by atoms with Crippen molar-refractivity contribution < 1.29 is 9.90 Å². The number of hydrogen-bond acceptors (Lipinski definition) is 2. The summed E-state index contributed by atoms with van der Waals surface area (Å²) in [4.78, 5) is 13.3. The third-order valence-electron chi connectivity index (χ3n) is 2.71. The van der Waals surface area contributed by atoms with Gasteiger partial charge in [0.05, 0.1) is 6.42 Å². The molecule has 1 saturated heterocycles. The van der Waals surface area contributed by atoms with Crippen LogP contribution in [-0.2, 0) is 4.79 Å². The van der Waals surface area contributed by atoms with Crippen molar-refractivity contribution in [1.82, 2.24) is 4.90 Å². The van der Waals surface area contributed by atoms with E-state index in [9.17, 15) is 4.79 Å². The van der Waals surface area contributed by atoms with Gasteiger partial charge < -0.3 is 10.0 Å². The monoisotopic (exact) mass is 195 g/mol. The SMILES string of the molecule is C#CCC(=O)N1CCCC(CO)CC1. The Morgan fingerprint density at radius 1 is 1.50 bits per heavy atom. The van der Waals surface area contributed by atoms with Crippen LogP contribution in [0.25, 0.3) is 0 Å². The minimum Gasteiger partial charge on any atom is -0.396 e. The van der Waals surface area contributed by atoms with Gasteiger partial charge >= 0.3 is 0 Å². The van der Waals surface area contributed by atoms with Gasteiger partial charge in [0.25, 0.3) is 0 Å². The summed E-state index contributed by atoms with van der Waals surface area (Å²) in [7, 11) is 0. The van der Waals surface area contributed by atoms with Crippen molar-refractivity contribution in [2.75, 3.05) is 19.7 Å². The first-order chi connectivity index (χ1) is 6.77. The Morgan fingerprint density at radius 2 is 2.29 bits per heavy atom. The van der Waals surface area contributed by atoms with E-state index < -0.39 is 0 Å². The molecule has 0 aromatic carbocycles. The molecule has 0 aromatic heterocycles. The third-order valence-corrected chi connectivity index (χ3v) is 2.71. The van der Waals surface area contributed by atoms with Crippen LogP contribution in [0.2, 0.25) is 0 Å². The lowest BCUT2D eigenvalue weighted by molar-refractivity contribution is -0.130. The fraction of sp³-hybridized carbons (Fsp3) is 0.727. The number of aliphatic hydroxyl groups excluding tert-OH is 1. The van der Waals surface area contributed by atoms with Crippen molar-refractivity contribution in [3.8, 4) is 12.3 Å². The van der Waals surface area contributed by atoms with E-state index in [1.54, 1.807) is 0 Å². The molecule has 0 spiro atoms. The van der Waals surface area contributed by atoms with Gasteiger partial charge in [-0.15, -0.1) is 6.42 Å². The largest absolute Gasteiger partial charge is 0.396 e. The molecule has 1 aliphatic heterocycles. The van der Waals surface area contributed by atoms with Crippen molar-refractivity contribution in [2.24, 2.45) is 5.92 Å². The van der Waals surface area contributed by atoms with Gasteiger partial charge in [-0.05, 0) is 25.2 Å². The smallest absolute Gasteiger partial charge is 0.234 e. The second-order valence-electron chi connectivity index (χ2n) is 3.74. The first-order valence-corrected chi connectivity index (χ1v) is 5.10. The second kappa shape index (κ2) is 5.66. The number of terminal acetylenes is 1. The maximum Gasteiger partial charge on any atom is 0.234 e. The summed E-state index contributed by atoms with van der Waals surface area (Å²) in [5.41, 5.74) is 0. The van der Waals surface area contributed by atoms with Crippen LogP contribution in [0.5, 0.6) is 0 Å². The molecule has 3 nitrogen and oxygen atoms in total. The molecular formula is C11H17NO2. The number of likely N-dealkylation sites (tertiary alicyclic amines) is 1. The van der Waals surface area contributed by atoms with Gasteiger partial charge in [0.15, 0.2) is 0 Å². The van der Waals surface area contributed by atoms with E-state index in [0.717, 1.165) is 32.4 Å². The summed E-state index contributed by atoms with van der Waals surface area (Å²) in [5.74, 6) is 2.78. The average molecular weight is 195 g/mol. The van der Waals surface area contributed by atoms with E-state index in [-0.39, 0.29) is 18.9 Å². The molecule has 0 bridgehead atoms. The number of rotatable bonds is 2. The summed E-state index contributed by atoms with van der Waals surface area (Å²) in [6.45, 7) is 1.76. The highest BCUT2D eigenvalue weighted by molar-refractivity contribution is 5.78. The number of carbonyl (C=O) groups excluding carboxylic acids is 1. The molecule has 1 unspecified atom stereocenters. The third kappa shape index (κ3) is 3.04. The van der Waals surface area contributed by atoms with Gasteiger partial charge in [0, 0.05) is 19.7 Å². The number of carbonyl (C=O) groups is 1. The van der Waals surface area contributed by atoms with Gasteiger partial charge in [0.1, 0.15) is 0 Å². The Kier molecular flexibility index (Phi) is 4.48. The summed E-state index contributed by atoms with van der Waals surface area (Å²) in [5, 5.41) is 9.01. The summed E-state index contributed by atoms with van der Waals surface area (Å²) < 4.78 is 0. The molecule has 1 rings (SSSR count). The average Bonchev–Trinajstić information content (AvgIpc) is 2.42. The molecule has 1 N–H and O–H groups in total. The minimum absolute atomic E-state index is 0.0473. The molecule has 3 heteroatoms. The minimum atomic E-state index is 0.0473. The first-order valence-electron chi connectivity index (χ1n) is 5.10. The lowest BCUT2D eigenvalue weighted by atomic mass is 10.0. The summed E-state index contributed by atoms with van der Waals surface area (Å²) >= 11 is 0. The topological polar surface area (TPSA) is 40.5 Å². The van der Waals surface area contributed by atoms with E-state index in [4.69, 9.17) is 11.5 Å². The highest BCUT2D eigenvalue weighted by atomic mass is 16.3. The summed E-state index contributed by atoms with van der Waals surface area (Å²) in [6, 6.07) is 0. The maximum absolute atomic E-state index is 11.5. The molecule has 0 aromatic rings. The highest BCUT2D eigenvalue weighted by Crippen LogP contribution is 2.17. The van der Waals surface area contributed by atoms with E-state index in [0.29, 0.717) is 5.92 Å². The predicted molar refractivity (Wildman–Crippen MR) is 54.5 cm³/mol. The predicted octanol–water partition coefficient (Wildman–Crippen LogP) is 0.631. The van der Waals surface area contributed by atoms with Crippen molar-refractivity contribution in [1.29, 1.82) is 0 Å². The van der Waals surface area contributed by atoms with E-state index in [1.807, 2.05) is 4.90 Å². The summed E-state index contributed by atoms with van der Waals surface area (Å²) in [6.07, 6.45) is 8.17. The fourth-order valence-electron chi connectivity index (χ4n) is 1.80. The van der Waals surface area contributed by atoms with Crippen molar-refractivity contribution in [3.63, 3.8) is 0 Å². The molecule has 78 valence electrons. The molecule has 1 aliphatic rings. The zero-order chi connectivity index (χ0) is 10.4. The van der Waals surface area contributed by atoms with Crippen LogP contribution >= 0.6 is 0 Å².